The van der Waals surface area contributed by atoms with Gasteiger partial charge in [-0.2, -0.15) is 0 Å². The van der Waals surface area contributed by atoms with E-state index in [-0.39, 0.29) is 22.4 Å². The van der Waals surface area contributed by atoms with Crippen molar-refractivity contribution in [3.8, 4) is 0 Å². The van der Waals surface area contributed by atoms with E-state index in [2.05, 4.69) is 10.6 Å². The van der Waals surface area contributed by atoms with Crippen LogP contribution in [0.4, 0.5) is 5.69 Å². The minimum Gasteiger partial charge on any atom is -0.331 e. The van der Waals surface area contributed by atoms with E-state index in [1.807, 2.05) is 6.92 Å². The Kier molecular flexibility index (Phi) is 5.04. The SMILES string of the molecule is C[C@H]([NH2+]C12CC3CC(CC(C3)C1)C2)C(=O)Nc1cccc(S(=O)(=O)N(C)C)c1. The van der Waals surface area contributed by atoms with E-state index in [9.17, 15) is 13.2 Å². The van der Waals surface area contributed by atoms with Gasteiger partial charge >= 0.3 is 0 Å². The van der Waals surface area contributed by atoms with Crippen LogP contribution in [0, 0.1) is 17.8 Å². The Balaban J connectivity index is 1.43. The number of carbonyl (C=O) groups excluding carboxylic acids is 1. The number of rotatable bonds is 6. The number of amides is 1. The summed E-state index contributed by atoms with van der Waals surface area (Å²) in [6.45, 7) is 1.97. The summed E-state index contributed by atoms with van der Waals surface area (Å²) in [5, 5.41) is 5.24. The minimum absolute atomic E-state index is 0.0600. The zero-order valence-electron chi connectivity index (χ0n) is 17.0. The van der Waals surface area contributed by atoms with Crippen molar-refractivity contribution in [3.63, 3.8) is 0 Å². The summed E-state index contributed by atoms with van der Waals surface area (Å²) in [4.78, 5) is 13.0. The Labute approximate surface area is 168 Å². The van der Waals surface area contributed by atoms with Crippen LogP contribution in [-0.4, -0.2) is 44.3 Å². The molecule has 4 saturated carbocycles. The lowest BCUT2D eigenvalue weighted by molar-refractivity contribution is -0.754. The molecule has 4 fully saturated rings. The van der Waals surface area contributed by atoms with Gasteiger partial charge in [0.05, 0.1) is 10.4 Å². The summed E-state index contributed by atoms with van der Waals surface area (Å²) in [5.74, 6) is 2.50. The molecule has 6 nitrogen and oxygen atoms in total. The Hall–Kier alpha value is -1.44. The number of benzene rings is 1. The zero-order chi connectivity index (χ0) is 20.1. The molecular weight excluding hydrogens is 374 g/mol. The molecule has 0 aromatic heterocycles. The lowest BCUT2D eigenvalue weighted by atomic mass is 9.53. The third-order valence-corrected chi connectivity index (χ3v) is 8.79. The van der Waals surface area contributed by atoms with Gasteiger partial charge in [-0.3, -0.25) is 4.79 Å². The Morgan fingerprint density at radius 1 is 1.14 bits per heavy atom. The highest BCUT2D eigenvalue weighted by Crippen LogP contribution is 2.54. The van der Waals surface area contributed by atoms with Crippen molar-refractivity contribution in [1.29, 1.82) is 0 Å². The monoisotopic (exact) mass is 406 g/mol. The van der Waals surface area contributed by atoms with Crippen LogP contribution < -0.4 is 10.6 Å². The van der Waals surface area contributed by atoms with Crippen molar-refractivity contribution in [2.45, 2.75) is 61.9 Å². The predicted octanol–water partition coefficient (Wildman–Crippen LogP) is 1.80. The van der Waals surface area contributed by atoms with Gasteiger partial charge in [-0.15, -0.1) is 0 Å². The Morgan fingerprint density at radius 2 is 1.71 bits per heavy atom. The van der Waals surface area contributed by atoms with E-state index >= 15 is 0 Å². The van der Waals surface area contributed by atoms with Crippen LogP contribution in [0.1, 0.15) is 45.4 Å². The molecule has 154 valence electrons. The van der Waals surface area contributed by atoms with Gasteiger partial charge in [0.25, 0.3) is 5.91 Å². The van der Waals surface area contributed by atoms with Crippen LogP contribution >= 0.6 is 0 Å². The average Bonchev–Trinajstić information content (AvgIpc) is 2.60. The molecule has 4 aliphatic carbocycles. The summed E-state index contributed by atoms with van der Waals surface area (Å²) in [6, 6.07) is 6.30. The number of hydrogen-bond acceptors (Lipinski definition) is 3. The first-order valence-electron chi connectivity index (χ1n) is 10.4. The summed E-state index contributed by atoms with van der Waals surface area (Å²) in [5.41, 5.74) is 0.764. The third-order valence-electron chi connectivity index (χ3n) is 6.98. The summed E-state index contributed by atoms with van der Waals surface area (Å²) in [7, 11) is -0.511. The highest BCUT2D eigenvalue weighted by molar-refractivity contribution is 7.89. The molecule has 0 unspecified atom stereocenters. The minimum atomic E-state index is -3.52. The van der Waals surface area contributed by atoms with Gasteiger partial charge in [0, 0.05) is 39.0 Å². The molecule has 28 heavy (non-hydrogen) atoms. The topological polar surface area (TPSA) is 83.1 Å². The number of quaternary nitrogens is 1. The first kappa shape index (κ1) is 19.9. The quantitative estimate of drug-likeness (QED) is 0.756. The van der Waals surface area contributed by atoms with Crippen LogP contribution in [0.3, 0.4) is 0 Å². The van der Waals surface area contributed by atoms with Gasteiger partial charge < -0.3 is 10.6 Å². The number of sulfonamides is 1. The predicted molar refractivity (Wildman–Crippen MR) is 108 cm³/mol. The standard InChI is InChI=1S/C21H31N3O3S/c1-14(23-21-11-15-7-16(12-21)9-17(8-15)13-21)20(25)22-18-5-4-6-19(10-18)28(26,27)24(2)3/h4-6,10,14-17,23H,7-9,11-13H2,1-3H3,(H,22,25)/p+1/t14-,15?,16?,17?,21?/m0/s1. The van der Waals surface area contributed by atoms with E-state index in [0.29, 0.717) is 5.69 Å². The van der Waals surface area contributed by atoms with Crippen molar-refractivity contribution in [1.82, 2.24) is 4.31 Å². The highest BCUT2D eigenvalue weighted by Gasteiger charge is 2.54. The Bertz CT molecular complexity index is 830. The smallest absolute Gasteiger partial charge is 0.282 e. The fourth-order valence-electron chi connectivity index (χ4n) is 6.19. The maximum atomic E-state index is 12.8. The van der Waals surface area contributed by atoms with Gasteiger partial charge in [0.1, 0.15) is 0 Å². The molecule has 0 aliphatic heterocycles. The van der Waals surface area contributed by atoms with Gasteiger partial charge in [0.15, 0.2) is 6.04 Å². The highest BCUT2D eigenvalue weighted by atomic mass is 32.2. The first-order chi connectivity index (χ1) is 13.2. The van der Waals surface area contributed by atoms with E-state index in [1.54, 1.807) is 18.2 Å². The number of nitrogens with one attached hydrogen (secondary N) is 1. The fraction of sp³-hybridized carbons (Fsp3) is 0.667. The van der Waals surface area contributed by atoms with Crippen molar-refractivity contribution in [2.24, 2.45) is 17.8 Å². The Morgan fingerprint density at radius 3 is 2.25 bits per heavy atom. The molecule has 3 N–H and O–H groups in total. The van der Waals surface area contributed by atoms with E-state index < -0.39 is 10.0 Å². The molecule has 7 heteroatoms. The largest absolute Gasteiger partial charge is 0.331 e. The van der Waals surface area contributed by atoms with E-state index in [0.717, 1.165) is 17.8 Å². The van der Waals surface area contributed by atoms with Crippen LogP contribution in [0.2, 0.25) is 0 Å². The number of nitrogens with zero attached hydrogens (tertiary/aromatic N) is 1. The van der Waals surface area contributed by atoms with E-state index in [4.69, 9.17) is 0 Å². The molecule has 0 heterocycles. The molecular formula is C21H32N3O3S+. The van der Waals surface area contributed by atoms with Gasteiger partial charge in [-0.05, 0) is 62.1 Å². The van der Waals surface area contributed by atoms with Gasteiger partial charge in [-0.25, -0.2) is 12.7 Å². The lowest BCUT2D eigenvalue weighted by Crippen LogP contribution is -3.03. The van der Waals surface area contributed by atoms with Crippen molar-refractivity contribution in [2.75, 3.05) is 19.4 Å². The van der Waals surface area contributed by atoms with Crippen molar-refractivity contribution >= 4 is 21.6 Å². The van der Waals surface area contributed by atoms with Crippen LogP contribution in [-0.2, 0) is 14.8 Å². The van der Waals surface area contributed by atoms with Crippen LogP contribution in [0.25, 0.3) is 0 Å². The van der Waals surface area contributed by atoms with E-state index in [1.165, 1.54) is 63.0 Å². The first-order valence-corrected chi connectivity index (χ1v) is 11.8. The molecule has 1 atom stereocenters. The number of nitrogens with two attached hydrogens (primary N) is 1. The third kappa shape index (κ3) is 3.72. The summed E-state index contributed by atoms with van der Waals surface area (Å²) >= 11 is 0. The number of carbonyl (C=O) groups is 1. The zero-order valence-corrected chi connectivity index (χ0v) is 17.8. The molecule has 0 radical (unpaired) electrons. The van der Waals surface area contributed by atoms with Gasteiger partial charge in [-0.1, -0.05) is 6.07 Å². The molecule has 0 saturated heterocycles. The average molecular weight is 407 g/mol. The second-order valence-corrected chi connectivity index (χ2v) is 11.7. The van der Waals surface area contributed by atoms with Crippen molar-refractivity contribution < 1.29 is 18.5 Å². The lowest BCUT2D eigenvalue weighted by Gasteiger charge is -2.55. The van der Waals surface area contributed by atoms with Crippen LogP contribution in [0.5, 0.6) is 0 Å². The molecule has 1 aromatic rings. The summed E-state index contributed by atoms with van der Waals surface area (Å²) < 4.78 is 25.8. The molecule has 1 aromatic carbocycles. The molecule has 0 spiro atoms. The second kappa shape index (κ2) is 7.11. The molecule has 4 aliphatic rings. The maximum absolute atomic E-state index is 12.8. The fourth-order valence-corrected chi connectivity index (χ4v) is 7.14. The number of anilines is 1. The number of hydrogen-bond donors (Lipinski definition) is 2. The maximum Gasteiger partial charge on any atom is 0.282 e. The molecule has 1 amide bonds. The summed E-state index contributed by atoms with van der Waals surface area (Å²) in [6.07, 6.45) is 7.90. The van der Waals surface area contributed by atoms with Crippen molar-refractivity contribution in [3.05, 3.63) is 24.3 Å². The van der Waals surface area contributed by atoms with Crippen LogP contribution in [0.15, 0.2) is 29.2 Å². The second-order valence-electron chi connectivity index (χ2n) is 9.54. The van der Waals surface area contributed by atoms with Gasteiger partial charge in [0.2, 0.25) is 10.0 Å². The molecule has 4 bridgehead atoms. The normalized spacial score (nSPS) is 32.5. The molecule has 5 rings (SSSR count).